The van der Waals surface area contributed by atoms with E-state index in [-0.39, 0.29) is 5.56 Å². The molecule has 0 amide bonds. The van der Waals surface area contributed by atoms with E-state index in [1.807, 2.05) is 4.90 Å². The second kappa shape index (κ2) is 3.90. The number of nitrogens with one attached hydrogen (secondary N) is 2. The predicted octanol–water partition coefficient (Wildman–Crippen LogP) is -0.792. The molecule has 1 aromatic heterocycles. The number of hydrogen-bond donors (Lipinski definition) is 2. The van der Waals surface area contributed by atoms with E-state index in [4.69, 9.17) is 4.74 Å². The van der Waals surface area contributed by atoms with Crippen LogP contribution in [0.4, 0.5) is 5.82 Å². The summed E-state index contributed by atoms with van der Waals surface area (Å²) in [6.07, 6.45) is 0. The molecule has 0 bridgehead atoms. The van der Waals surface area contributed by atoms with E-state index in [0.717, 1.165) is 0 Å². The second-order valence-electron chi connectivity index (χ2n) is 3.48. The lowest BCUT2D eigenvalue weighted by Gasteiger charge is -2.28. The summed E-state index contributed by atoms with van der Waals surface area (Å²) in [6, 6.07) is 0. The lowest BCUT2D eigenvalue weighted by Crippen LogP contribution is -2.40. The fraction of sp³-hybridized carbons (Fsp3) is 0.556. The fourth-order valence-corrected chi connectivity index (χ4v) is 1.64. The summed E-state index contributed by atoms with van der Waals surface area (Å²) < 4.78 is 5.20. The van der Waals surface area contributed by atoms with Crippen molar-refractivity contribution in [1.29, 1.82) is 0 Å². The lowest BCUT2D eigenvalue weighted by molar-refractivity contribution is 0.122. The fourth-order valence-electron chi connectivity index (χ4n) is 1.64. The number of aromatic nitrogens is 2. The van der Waals surface area contributed by atoms with Crippen LogP contribution >= 0.6 is 0 Å². The van der Waals surface area contributed by atoms with Crippen molar-refractivity contribution < 1.29 is 4.74 Å². The number of nitrogens with zero attached hydrogens (tertiary/aromatic N) is 1. The normalized spacial score (nSPS) is 16.7. The SMILES string of the molecule is Cc1c(N2CCOCC2)[nH]c(=O)[nH]c1=O. The van der Waals surface area contributed by atoms with Crippen molar-refractivity contribution in [2.24, 2.45) is 0 Å². The average molecular weight is 211 g/mol. The Bertz CT molecular complexity index is 456. The van der Waals surface area contributed by atoms with Gasteiger partial charge in [-0.15, -0.1) is 0 Å². The summed E-state index contributed by atoms with van der Waals surface area (Å²) in [5, 5.41) is 0. The lowest BCUT2D eigenvalue weighted by atomic mass is 10.3. The van der Waals surface area contributed by atoms with Gasteiger partial charge >= 0.3 is 5.69 Å². The molecule has 2 N–H and O–H groups in total. The quantitative estimate of drug-likeness (QED) is 0.638. The molecule has 1 fully saturated rings. The van der Waals surface area contributed by atoms with Crippen molar-refractivity contribution in [3.63, 3.8) is 0 Å². The van der Waals surface area contributed by atoms with Crippen LogP contribution in [0.1, 0.15) is 5.56 Å². The summed E-state index contributed by atoms with van der Waals surface area (Å²) in [5.74, 6) is 0.604. The molecule has 1 saturated heterocycles. The number of ether oxygens (including phenoxy) is 1. The maximum atomic E-state index is 11.4. The van der Waals surface area contributed by atoms with Gasteiger partial charge in [0.15, 0.2) is 0 Å². The molecule has 1 aromatic rings. The number of hydrogen-bond acceptors (Lipinski definition) is 4. The van der Waals surface area contributed by atoms with Crippen molar-refractivity contribution in [2.45, 2.75) is 6.92 Å². The summed E-state index contributed by atoms with van der Waals surface area (Å²) in [5.41, 5.74) is -0.260. The molecule has 6 nitrogen and oxygen atoms in total. The van der Waals surface area contributed by atoms with E-state index in [9.17, 15) is 9.59 Å². The Morgan fingerprint density at radius 1 is 1.20 bits per heavy atom. The molecule has 0 saturated carbocycles. The number of H-pyrrole nitrogens is 2. The number of aromatic amines is 2. The molecule has 0 spiro atoms. The first-order valence-corrected chi connectivity index (χ1v) is 4.84. The standard InChI is InChI=1S/C9H13N3O3/c1-6-7(10-9(14)11-8(6)13)12-2-4-15-5-3-12/h2-5H2,1H3,(H2,10,11,13,14). The van der Waals surface area contributed by atoms with Crippen LogP contribution in [0.3, 0.4) is 0 Å². The Morgan fingerprint density at radius 3 is 2.53 bits per heavy atom. The van der Waals surface area contributed by atoms with Gasteiger partial charge in [0, 0.05) is 13.1 Å². The Hall–Kier alpha value is -1.56. The van der Waals surface area contributed by atoms with Crippen molar-refractivity contribution >= 4 is 5.82 Å². The molecule has 0 aromatic carbocycles. The predicted molar refractivity (Wildman–Crippen MR) is 55.5 cm³/mol. The van der Waals surface area contributed by atoms with Gasteiger partial charge in [0.05, 0.1) is 18.8 Å². The molecule has 0 unspecified atom stereocenters. The third kappa shape index (κ3) is 1.94. The van der Waals surface area contributed by atoms with E-state index >= 15 is 0 Å². The van der Waals surface area contributed by atoms with Crippen LogP contribution in [0.2, 0.25) is 0 Å². The second-order valence-corrected chi connectivity index (χ2v) is 3.48. The first-order valence-electron chi connectivity index (χ1n) is 4.84. The Morgan fingerprint density at radius 2 is 1.87 bits per heavy atom. The molecule has 1 aliphatic rings. The number of morpholine rings is 1. The van der Waals surface area contributed by atoms with Crippen LogP contribution in [0.5, 0.6) is 0 Å². The highest BCUT2D eigenvalue weighted by atomic mass is 16.5. The highest BCUT2D eigenvalue weighted by molar-refractivity contribution is 5.44. The Kier molecular flexibility index (Phi) is 2.59. The molecule has 0 atom stereocenters. The van der Waals surface area contributed by atoms with Crippen LogP contribution in [-0.4, -0.2) is 36.3 Å². The van der Waals surface area contributed by atoms with Gasteiger partial charge in [-0.05, 0) is 6.92 Å². The van der Waals surface area contributed by atoms with Gasteiger partial charge in [0.2, 0.25) is 0 Å². The van der Waals surface area contributed by atoms with Crippen LogP contribution < -0.4 is 16.1 Å². The van der Waals surface area contributed by atoms with Gasteiger partial charge in [-0.2, -0.15) is 0 Å². The highest BCUT2D eigenvalue weighted by Crippen LogP contribution is 2.12. The molecular weight excluding hydrogens is 198 g/mol. The van der Waals surface area contributed by atoms with Crippen molar-refractivity contribution in [3.05, 3.63) is 26.4 Å². The molecule has 0 radical (unpaired) electrons. The van der Waals surface area contributed by atoms with Crippen LogP contribution in [0.15, 0.2) is 9.59 Å². The molecular formula is C9H13N3O3. The Balaban J connectivity index is 2.42. The minimum absolute atomic E-state index is 0.333. The molecule has 15 heavy (non-hydrogen) atoms. The monoisotopic (exact) mass is 211 g/mol. The van der Waals surface area contributed by atoms with Gasteiger partial charge in [0.1, 0.15) is 5.82 Å². The highest BCUT2D eigenvalue weighted by Gasteiger charge is 2.15. The molecule has 6 heteroatoms. The van der Waals surface area contributed by atoms with Crippen molar-refractivity contribution in [1.82, 2.24) is 9.97 Å². The van der Waals surface area contributed by atoms with Gasteiger partial charge < -0.3 is 9.64 Å². The molecule has 0 aliphatic carbocycles. The van der Waals surface area contributed by atoms with E-state index in [1.54, 1.807) is 6.92 Å². The smallest absolute Gasteiger partial charge is 0.327 e. The topological polar surface area (TPSA) is 78.2 Å². The van der Waals surface area contributed by atoms with Gasteiger partial charge in [0.25, 0.3) is 5.56 Å². The van der Waals surface area contributed by atoms with Crippen LogP contribution in [0, 0.1) is 6.92 Å². The third-order valence-electron chi connectivity index (χ3n) is 2.48. The van der Waals surface area contributed by atoms with Gasteiger partial charge in [-0.25, -0.2) is 4.79 Å². The summed E-state index contributed by atoms with van der Waals surface area (Å²) >= 11 is 0. The first-order chi connectivity index (χ1) is 7.18. The van der Waals surface area contributed by atoms with Gasteiger partial charge in [-0.1, -0.05) is 0 Å². The van der Waals surface area contributed by atoms with E-state index in [1.165, 1.54) is 0 Å². The third-order valence-corrected chi connectivity index (χ3v) is 2.48. The van der Waals surface area contributed by atoms with Crippen molar-refractivity contribution in [3.8, 4) is 0 Å². The van der Waals surface area contributed by atoms with E-state index < -0.39 is 5.69 Å². The Labute approximate surface area is 85.9 Å². The van der Waals surface area contributed by atoms with Crippen LogP contribution in [-0.2, 0) is 4.74 Å². The minimum Gasteiger partial charge on any atom is -0.378 e. The van der Waals surface area contributed by atoms with Crippen LogP contribution in [0.25, 0.3) is 0 Å². The average Bonchev–Trinajstić information content (AvgIpc) is 2.24. The maximum absolute atomic E-state index is 11.4. The zero-order valence-corrected chi connectivity index (χ0v) is 8.50. The van der Waals surface area contributed by atoms with E-state index in [0.29, 0.717) is 37.7 Å². The number of anilines is 1. The zero-order valence-electron chi connectivity index (χ0n) is 8.50. The summed E-state index contributed by atoms with van der Waals surface area (Å²) in [7, 11) is 0. The number of rotatable bonds is 1. The van der Waals surface area contributed by atoms with E-state index in [2.05, 4.69) is 9.97 Å². The summed E-state index contributed by atoms with van der Waals surface area (Å²) in [6.45, 7) is 4.32. The minimum atomic E-state index is -0.466. The molecule has 1 aliphatic heterocycles. The largest absolute Gasteiger partial charge is 0.378 e. The summed E-state index contributed by atoms with van der Waals surface area (Å²) in [4.78, 5) is 29.3. The molecule has 2 rings (SSSR count). The first kappa shape index (κ1) is 9.97. The zero-order chi connectivity index (χ0) is 10.8. The molecule has 2 heterocycles. The van der Waals surface area contributed by atoms with Crippen molar-refractivity contribution in [2.75, 3.05) is 31.2 Å². The molecule has 82 valence electrons. The van der Waals surface area contributed by atoms with Gasteiger partial charge in [-0.3, -0.25) is 14.8 Å². The maximum Gasteiger partial charge on any atom is 0.327 e.